The van der Waals surface area contributed by atoms with Crippen molar-refractivity contribution in [2.75, 3.05) is 6.61 Å². The van der Waals surface area contributed by atoms with Crippen LogP contribution in [0.15, 0.2) is 0 Å². The van der Waals surface area contributed by atoms with Gasteiger partial charge in [-0.25, -0.2) is 4.79 Å². The first-order valence-corrected chi connectivity index (χ1v) is 1.70. The fraction of sp³-hybridized carbons (Fsp3) is 0.667. The van der Waals surface area contributed by atoms with Crippen molar-refractivity contribution < 1.29 is 41.2 Å². The monoisotopic (exact) mass is 290 g/mol. The minimum atomic E-state index is -1.63. The van der Waals surface area contributed by atoms with E-state index in [0.717, 1.165) is 0 Å². The van der Waals surface area contributed by atoms with Crippen molar-refractivity contribution in [3.05, 3.63) is 0 Å². The van der Waals surface area contributed by atoms with Crippen LogP contribution in [0.1, 0.15) is 0 Å². The molecule has 8 heavy (non-hydrogen) atoms. The Labute approximate surface area is 60.4 Å². The number of aliphatic hydroxyl groups is 2. The molecule has 0 aromatic carbocycles. The van der Waals surface area contributed by atoms with Crippen LogP contribution in [-0.2, 0) is 25.9 Å². The van der Waals surface area contributed by atoms with Gasteiger partial charge in [0, 0.05) is 21.1 Å². The molecule has 0 aromatic heterocycles. The molecule has 3 N–H and O–H groups in total. The molecular weight excluding hydrogens is 284 g/mol. The summed E-state index contributed by atoms with van der Waals surface area (Å²) in [6.07, 6.45) is -1.63. The third-order valence-corrected chi connectivity index (χ3v) is 0.458. The molecule has 1 unspecified atom stereocenters. The number of carbonyl (C=O) groups is 1. The maximum atomic E-state index is 9.52. The van der Waals surface area contributed by atoms with Crippen LogP contribution < -0.4 is 0 Å². The molecule has 0 aliphatic heterocycles. The van der Waals surface area contributed by atoms with Crippen molar-refractivity contribution in [3.63, 3.8) is 0 Å². The zero-order valence-electron chi connectivity index (χ0n) is 3.94. The smallest absolute Gasteiger partial charge is 0.334 e. The Morgan fingerprint density at radius 3 is 2.00 bits per heavy atom. The Morgan fingerprint density at radius 2 is 2.00 bits per heavy atom. The summed E-state index contributed by atoms with van der Waals surface area (Å²) in [5.41, 5.74) is 0. The molecule has 0 heterocycles. The van der Waals surface area contributed by atoms with E-state index in [0.29, 0.717) is 0 Å². The molecule has 0 saturated heterocycles. The van der Waals surface area contributed by atoms with Crippen LogP contribution in [0.3, 0.4) is 0 Å². The van der Waals surface area contributed by atoms with Crippen molar-refractivity contribution in [2.24, 2.45) is 0 Å². The molecule has 0 fully saturated rings. The largest absolute Gasteiger partial charge is 0.479 e. The van der Waals surface area contributed by atoms with Gasteiger partial charge in [0.2, 0.25) is 0 Å². The van der Waals surface area contributed by atoms with Gasteiger partial charge in [0.15, 0.2) is 6.10 Å². The van der Waals surface area contributed by atoms with Gasteiger partial charge in [-0.05, 0) is 0 Å². The summed E-state index contributed by atoms with van der Waals surface area (Å²) in [6.45, 7) is -0.727. The second-order valence-corrected chi connectivity index (χ2v) is 1.04. The molecule has 0 aliphatic carbocycles. The van der Waals surface area contributed by atoms with Gasteiger partial charge in [-0.2, -0.15) is 0 Å². The first-order valence-electron chi connectivity index (χ1n) is 1.70. The number of carboxylic acids is 1. The number of carboxylic acid groups (broad SMARTS) is 1. The van der Waals surface area contributed by atoms with Gasteiger partial charge < -0.3 is 15.3 Å². The fourth-order valence-corrected chi connectivity index (χ4v) is 0.0781. The van der Waals surface area contributed by atoms with Crippen molar-refractivity contribution >= 4 is 5.97 Å². The summed E-state index contributed by atoms with van der Waals surface area (Å²) >= 11 is 0. The molecule has 0 bridgehead atoms. The van der Waals surface area contributed by atoms with Crippen molar-refractivity contribution in [1.29, 1.82) is 0 Å². The maximum absolute atomic E-state index is 9.52. The van der Waals surface area contributed by atoms with E-state index in [9.17, 15) is 4.79 Å². The quantitative estimate of drug-likeness (QED) is 0.574. The van der Waals surface area contributed by atoms with Crippen LogP contribution in [0, 0.1) is 0 Å². The molecule has 0 saturated carbocycles. The molecular formula is C3H6O4W. The Kier molecular flexibility index (Phi) is 7.15. The normalized spacial score (nSPS) is 11.8. The van der Waals surface area contributed by atoms with Gasteiger partial charge in [0.25, 0.3) is 0 Å². The van der Waals surface area contributed by atoms with E-state index in [2.05, 4.69) is 0 Å². The number of rotatable bonds is 2. The van der Waals surface area contributed by atoms with Gasteiger partial charge in [-0.3, -0.25) is 0 Å². The average Bonchev–Trinajstić information content (AvgIpc) is 1.65. The van der Waals surface area contributed by atoms with Crippen LogP contribution in [0.25, 0.3) is 0 Å². The number of aliphatic hydroxyl groups excluding tert-OH is 2. The van der Waals surface area contributed by atoms with Crippen LogP contribution in [0.5, 0.6) is 0 Å². The Morgan fingerprint density at radius 1 is 1.62 bits per heavy atom. The van der Waals surface area contributed by atoms with Crippen molar-refractivity contribution in [3.8, 4) is 0 Å². The van der Waals surface area contributed by atoms with E-state index in [-0.39, 0.29) is 21.1 Å². The van der Waals surface area contributed by atoms with Crippen molar-refractivity contribution in [1.82, 2.24) is 0 Å². The molecule has 0 radical (unpaired) electrons. The molecule has 48 valence electrons. The van der Waals surface area contributed by atoms with E-state index in [1.54, 1.807) is 0 Å². The zero-order chi connectivity index (χ0) is 5.86. The first kappa shape index (κ1) is 11.0. The van der Waals surface area contributed by atoms with Gasteiger partial charge in [0.1, 0.15) is 0 Å². The predicted octanol–water partition coefficient (Wildman–Crippen LogP) is -1.58. The van der Waals surface area contributed by atoms with E-state index < -0.39 is 18.7 Å². The van der Waals surface area contributed by atoms with Gasteiger partial charge in [0.05, 0.1) is 6.61 Å². The standard InChI is InChI=1S/C3H6O4.W/c4-1-2(5)3(6)7;/h2,4-5H,1H2,(H,6,7);. The van der Waals surface area contributed by atoms with E-state index in [4.69, 9.17) is 15.3 Å². The molecule has 4 nitrogen and oxygen atoms in total. The van der Waals surface area contributed by atoms with E-state index in [1.165, 1.54) is 0 Å². The summed E-state index contributed by atoms with van der Waals surface area (Å²) in [7, 11) is 0. The minimum Gasteiger partial charge on any atom is -0.479 e. The van der Waals surface area contributed by atoms with E-state index in [1.807, 2.05) is 0 Å². The van der Waals surface area contributed by atoms with Crippen LogP contribution >= 0.6 is 0 Å². The van der Waals surface area contributed by atoms with Gasteiger partial charge in [-0.1, -0.05) is 0 Å². The molecule has 0 aromatic rings. The minimum absolute atomic E-state index is 0. The third-order valence-electron chi connectivity index (χ3n) is 0.458. The number of hydrogen-bond donors (Lipinski definition) is 3. The van der Waals surface area contributed by atoms with E-state index >= 15 is 0 Å². The Hall–Kier alpha value is 0.0783. The molecule has 0 aliphatic rings. The maximum Gasteiger partial charge on any atom is 0.334 e. The SMILES string of the molecule is O=C(O)C(O)CO.[W]. The van der Waals surface area contributed by atoms with Gasteiger partial charge >= 0.3 is 5.97 Å². The van der Waals surface area contributed by atoms with Crippen LogP contribution in [-0.4, -0.2) is 34.0 Å². The summed E-state index contributed by atoms with van der Waals surface area (Å²) < 4.78 is 0. The summed E-state index contributed by atoms with van der Waals surface area (Å²) in [6, 6.07) is 0. The molecule has 0 amide bonds. The second-order valence-electron chi connectivity index (χ2n) is 1.04. The molecule has 5 heteroatoms. The van der Waals surface area contributed by atoms with Crippen LogP contribution in [0.2, 0.25) is 0 Å². The Bertz CT molecular complexity index is 73.7. The fourth-order valence-electron chi connectivity index (χ4n) is 0.0781. The summed E-state index contributed by atoms with van der Waals surface area (Å²) in [4.78, 5) is 9.52. The van der Waals surface area contributed by atoms with Crippen molar-refractivity contribution in [2.45, 2.75) is 6.10 Å². The second kappa shape index (κ2) is 5.22. The molecule has 0 spiro atoms. The zero-order valence-corrected chi connectivity index (χ0v) is 6.88. The third kappa shape index (κ3) is 4.24. The van der Waals surface area contributed by atoms with Gasteiger partial charge in [-0.15, -0.1) is 0 Å². The Balaban J connectivity index is 0. The van der Waals surface area contributed by atoms with Crippen LogP contribution in [0.4, 0.5) is 0 Å². The summed E-state index contributed by atoms with van der Waals surface area (Å²) in [5, 5.41) is 23.7. The number of hydrogen-bond acceptors (Lipinski definition) is 3. The number of aliphatic carboxylic acids is 1. The predicted molar refractivity (Wildman–Crippen MR) is 20.7 cm³/mol. The molecule has 0 rings (SSSR count). The summed E-state index contributed by atoms with van der Waals surface area (Å²) in [5.74, 6) is -1.40. The molecule has 1 atom stereocenters. The average molecular weight is 290 g/mol. The first-order chi connectivity index (χ1) is 3.18. The topological polar surface area (TPSA) is 77.8 Å².